The summed E-state index contributed by atoms with van der Waals surface area (Å²) in [7, 11) is 1.60. The molecule has 2 aromatic rings. The number of amides is 1. The number of ether oxygens (including phenoxy) is 1. The van der Waals surface area contributed by atoms with Crippen LogP contribution in [0.1, 0.15) is 11.5 Å². The van der Waals surface area contributed by atoms with Crippen molar-refractivity contribution in [3.8, 4) is 5.75 Å². The summed E-state index contributed by atoms with van der Waals surface area (Å²) in [5.41, 5.74) is 2.79. The zero-order valence-electron chi connectivity index (χ0n) is 11.5. The molecule has 2 aromatic carbocycles. The van der Waals surface area contributed by atoms with Crippen LogP contribution in [-0.2, 0) is 4.79 Å². The Morgan fingerprint density at radius 3 is 2.95 bits per heavy atom. The minimum Gasteiger partial charge on any atom is -0.497 e. The smallest absolute Gasteiger partial charge is 0.233 e. The highest BCUT2D eigenvalue weighted by atomic mass is 79.9. The van der Waals surface area contributed by atoms with Gasteiger partial charge in [-0.15, -0.1) is 0 Å². The zero-order chi connectivity index (χ0) is 14.8. The molecule has 1 heterocycles. The van der Waals surface area contributed by atoms with Gasteiger partial charge in [-0.2, -0.15) is 0 Å². The van der Waals surface area contributed by atoms with Gasteiger partial charge >= 0.3 is 0 Å². The number of rotatable bonds is 3. The quantitative estimate of drug-likeness (QED) is 0.892. The van der Waals surface area contributed by atoms with Crippen LogP contribution in [0.4, 0.5) is 11.4 Å². The number of carbonyl (C=O) groups is 1. The van der Waals surface area contributed by atoms with E-state index < -0.39 is 0 Å². The SMILES string of the molecule is COc1cc(Br)cc(NC(=O)C2CNc3ccccc32)c1. The standard InChI is InChI=1S/C16H15BrN2O2/c1-21-12-7-10(17)6-11(8-12)19-16(20)14-9-18-15-5-3-2-4-13(14)15/h2-8,14,18H,9H2,1H3,(H,19,20). The molecule has 1 aliphatic rings. The van der Waals surface area contributed by atoms with Crippen molar-refractivity contribution in [2.24, 2.45) is 0 Å². The second-order valence-electron chi connectivity index (χ2n) is 4.89. The monoisotopic (exact) mass is 346 g/mol. The fourth-order valence-electron chi connectivity index (χ4n) is 2.50. The van der Waals surface area contributed by atoms with E-state index in [0.29, 0.717) is 12.3 Å². The number of carbonyl (C=O) groups excluding carboxylic acids is 1. The van der Waals surface area contributed by atoms with Gasteiger partial charge < -0.3 is 15.4 Å². The highest BCUT2D eigenvalue weighted by molar-refractivity contribution is 9.10. The molecule has 0 radical (unpaired) electrons. The molecule has 0 saturated heterocycles. The van der Waals surface area contributed by atoms with E-state index in [1.807, 2.05) is 36.4 Å². The number of nitrogens with one attached hydrogen (secondary N) is 2. The molecule has 4 nitrogen and oxygen atoms in total. The van der Waals surface area contributed by atoms with Crippen LogP contribution in [0.2, 0.25) is 0 Å². The van der Waals surface area contributed by atoms with Gasteiger partial charge in [0.05, 0.1) is 13.0 Å². The summed E-state index contributed by atoms with van der Waals surface area (Å²) in [6, 6.07) is 13.4. The second kappa shape index (κ2) is 5.77. The number of methoxy groups -OCH3 is 1. The lowest BCUT2D eigenvalue weighted by Gasteiger charge is -2.12. The predicted octanol–water partition coefficient (Wildman–Crippen LogP) is 3.61. The van der Waals surface area contributed by atoms with Crippen LogP contribution in [0.3, 0.4) is 0 Å². The molecule has 21 heavy (non-hydrogen) atoms. The molecule has 3 rings (SSSR count). The molecule has 2 N–H and O–H groups in total. The van der Waals surface area contributed by atoms with Crippen molar-refractivity contribution >= 4 is 33.2 Å². The molecular formula is C16H15BrN2O2. The summed E-state index contributed by atoms with van der Waals surface area (Å²) in [5.74, 6) is 0.503. The van der Waals surface area contributed by atoms with Crippen LogP contribution in [0.25, 0.3) is 0 Å². The molecule has 108 valence electrons. The molecule has 1 atom stereocenters. The van der Waals surface area contributed by atoms with Crippen molar-refractivity contribution in [2.75, 3.05) is 24.3 Å². The maximum Gasteiger partial charge on any atom is 0.233 e. The number of halogens is 1. The average molecular weight is 347 g/mol. The van der Waals surface area contributed by atoms with Crippen LogP contribution in [0.5, 0.6) is 5.75 Å². The lowest BCUT2D eigenvalue weighted by molar-refractivity contribution is -0.117. The molecule has 1 unspecified atom stereocenters. The van der Waals surface area contributed by atoms with Crippen LogP contribution >= 0.6 is 15.9 Å². The molecule has 1 aliphatic heterocycles. The summed E-state index contributed by atoms with van der Waals surface area (Å²) in [5, 5.41) is 6.21. The third-order valence-corrected chi connectivity index (χ3v) is 3.98. The Labute approximate surface area is 131 Å². The van der Waals surface area contributed by atoms with Gasteiger partial charge in [0.25, 0.3) is 0 Å². The lowest BCUT2D eigenvalue weighted by atomic mass is 10.0. The van der Waals surface area contributed by atoms with Gasteiger partial charge in [0.15, 0.2) is 0 Å². The number of hydrogen-bond donors (Lipinski definition) is 2. The Balaban J connectivity index is 1.80. The van der Waals surface area contributed by atoms with E-state index in [-0.39, 0.29) is 11.8 Å². The number of hydrogen-bond acceptors (Lipinski definition) is 3. The first-order chi connectivity index (χ1) is 10.2. The van der Waals surface area contributed by atoms with Crippen LogP contribution in [0, 0.1) is 0 Å². The Bertz CT molecular complexity index is 688. The zero-order valence-corrected chi connectivity index (χ0v) is 13.1. The van der Waals surface area contributed by atoms with E-state index in [1.54, 1.807) is 13.2 Å². The number of fused-ring (bicyclic) bond motifs is 1. The Hall–Kier alpha value is -2.01. The van der Waals surface area contributed by atoms with Gasteiger partial charge in [0.1, 0.15) is 5.75 Å². The molecule has 0 aromatic heterocycles. The van der Waals surface area contributed by atoms with Crippen molar-refractivity contribution in [1.29, 1.82) is 0 Å². The predicted molar refractivity (Wildman–Crippen MR) is 87.0 cm³/mol. The van der Waals surface area contributed by atoms with Gasteiger partial charge in [-0.3, -0.25) is 4.79 Å². The van der Waals surface area contributed by atoms with Gasteiger partial charge in [-0.05, 0) is 23.8 Å². The molecule has 0 bridgehead atoms. The van der Waals surface area contributed by atoms with Gasteiger partial charge in [-0.1, -0.05) is 34.1 Å². The molecule has 0 aliphatic carbocycles. The fourth-order valence-corrected chi connectivity index (χ4v) is 2.97. The molecule has 0 fully saturated rings. The first-order valence-electron chi connectivity index (χ1n) is 6.65. The van der Waals surface area contributed by atoms with E-state index in [0.717, 1.165) is 21.4 Å². The molecular weight excluding hydrogens is 332 g/mol. The number of para-hydroxylation sites is 1. The Morgan fingerprint density at radius 1 is 1.33 bits per heavy atom. The minimum absolute atomic E-state index is 0.0207. The lowest BCUT2D eigenvalue weighted by Crippen LogP contribution is -2.22. The van der Waals surface area contributed by atoms with E-state index in [1.165, 1.54) is 0 Å². The third-order valence-electron chi connectivity index (χ3n) is 3.52. The van der Waals surface area contributed by atoms with Crippen molar-refractivity contribution in [2.45, 2.75) is 5.92 Å². The highest BCUT2D eigenvalue weighted by Gasteiger charge is 2.28. The minimum atomic E-state index is -0.175. The topological polar surface area (TPSA) is 50.4 Å². The van der Waals surface area contributed by atoms with Gasteiger partial charge in [0.2, 0.25) is 5.91 Å². The summed E-state index contributed by atoms with van der Waals surface area (Å²) < 4.78 is 6.07. The summed E-state index contributed by atoms with van der Waals surface area (Å²) in [6.07, 6.45) is 0. The summed E-state index contributed by atoms with van der Waals surface area (Å²) in [6.45, 7) is 0.621. The van der Waals surface area contributed by atoms with E-state index in [2.05, 4.69) is 26.6 Å². The first kappa shape index (κ1) is 13.9. The average Bonchev–Trinajstić information content (AvgIpc) is 2.90. The highest BCUT2D eigenvalue weighted by Crippen LogP contribution is 2.32. The maximum absolute atomic E-state index is 12.5. The van der Waals surface area contributed by atoms with Crippen molar-refractivity contribution in [3.05, 3.63) is 52.5 Å². The number of benzene rings is 2. The van der Waals surface area contributed by atoms with Crippen molar-refractivity contribution in [1.82, 2.24) is 0 Å². The number of anilines is 2. The van der Waals surface area contributed by atoms with E-state index in [4.69, 9.17) is 4.74 Å². The third kappa shape index (κ3) is 2.88. The van der Waals surface area contributed by atoms with Crippen LogP contribution < -0.4 is 15.4 Å². The van der Waals surface area contributed by atoms with E-state index in [9.17, 15) is 4.79 Å². The molecule has 0 spiro atoms. The second-order valence-corrected chi connectivity index (χ2v) is 5.81. The fraction of sp³-hybridized carbons (Fsp3) is 0.188. The molecule has 1 amide bonds. The Morgan fingerprint density at radius 2 is 2.14 bits per heavy atom. The molecule has 5 heteroatoms. The summed E-state index contributed by atoms with van der Waals surface area (Å²) >= 11 is 3.41. The van der Waals surface area contributed by atoms with Crippen molar-refractivity contribution < 1.29 is 9.53 Å². The first-order valence-corrected chi connectivity index (χ1v) is 7.45. The van der Waals surface area contributed by atoms with Crippen LogP contribution in [0.15, 0.2) is 46.9 Å². The van der Waals surface area contributed by atoms with Gasteiger partial charge in [-0.25, -0.2) is 0 Å². The van der Waals surface area contributed by atoms with E-state index >= 15 is 0 Å². The maximum atomic E-state index is 12.5. The van der Waals surface area contributed by atoms with Crippen molar-refractivity contribution in [3.63, 3.8) is 0 Å². The van der Waals surface area contributed by atoms with Gasteiger partial charge in [0, 0.05) is 28.5 Å². The van der Waals surface area contributed by atoms with Crippen LogP contribution in [-0.4, -0.2) is 19.6 Å². The summed E-state index contributed by atoms with van der Waals surface area (Å²) in [4.78, 5) is 12.5. The molecule has 0 saturated carbocycles. The normalized spacial score (nSPS) is 16.0. The Kier molecular flexibility index (Phi) is 3.84. The largest absolute Gasteiger partial charge is 0.497 e.